The fourth-order valence-corrected chi connectivity index (χ4v) is 4.31. The summed E-state index contributed by atoms with van der Waals surface area (Å²) < 4.78 is 11.6. The summed E-state index contributed by atoms with van der Waals surface area (Å²) in [4.78, 5) is 21.7. The van der Waals surface area contributed by atoms with Crippen molar-refractivity contribution in [3.63, 3.8) is 0 Å². The van der Waals surface area contributed by atoms with Crippen LogP contribution in [0.3, 0.4) is 0 Å². The van der Waals surface area contributed by atoms with Crippen LogP contribution < -0.4 is 4.74 Å². The molecule has 0 aromatic carbocycles. The molecule has 28 heavy (non-hydrogen) atoms. The average Bonchev–Trinajstić information content (AvgIpc) is 3.40. The van der Waals surface area contributed by atoms with Crippen molar-refractivity contribution in [2.24, 2.45) is 5.92 Å². The summed E-state index contributed by atoms with van der Waals surface area (Å²) in [7, 11) is 2.10. The Labute approximate surface area is 164 Å². The number of rotatable bonds is 4. The number of piperazine rings is 1. The first kappa shape index (κ1) is 17.9. The van der Waals surface area contributed by atoms with Gasteiger partial charge in [-0.25, -0.2) is 4.98 Å². The number of H-pyrrole nitrogens is 1. The molecule has 1 saturated carbocycles. The molecule has 1 amide bonds. The Bertz CT molecular complexity index is 855. The molecule has 5 rings (SSSR count). The molecule has 0 spiro atoms. The molecule has 3 fully saturated rings. The predicted molar refractivity (Wildman–Crippen MR) is 103 cm³/mol. The summed E-state index contributed by atoms with van der Waals surface area (Å²) in [5.41, 5.74) is 1.85. The monoisotopic (exact) mass is 385 g/mol. The highest BCUT2D eigenvalue weighted by atomic mass is 16.5. The second kappa shape index (κ2) is 7.33. The van der Waals surface area contributed by atoms with E-state index in [0.29, 0.717) is 5.88 Å². The van der Waals surface area contributed by atoms with Gasteiger partial charge in [-0.15, -0.1) is 0 Å². The van der Waals surface area contributed by atoms with Crippen LogP contribution in [0.2, 0.25) is 0 Å². The molecule has 0 bridgehead atoms. The maximum absolute atomic E-state index is 12.9. The van der Waals surface area contributed by atoms with Crippen molar-refractivity contribution in [2.75, 3.05) is 46.4 Å². The number of hydrogen-bond donors (Lipinski definition) is 1. The number of ether oxygens (including phenoxy) is 2. The minimum absolute atomic E-state index is 0.0446. The van der Waals surface area contributed by atoms with Crippen molar-refractivity contribution >= 4 is 16.8 Å². The normalized spacial score (nSPS) is 26.5. The van der Waals surface area contributed by atoms with Gasteiger partial charge in [0.15, 0.2) is 0 Å². The van der Waals surface area contributed by atoms with Crippen molar-refractivity contribution in [3.8, 4) is 5.88 Å². The Balaban J connectivity index is 1.34. The quantitative estimate of drug-likeness (QED) is 0.856. The maximum atomic E-state index is 12.9. The Kier molecular flexibility index (Phi) is 4.68. The predicted octanol–water partition coefficient (Wildman–Crippen LogP) is 1.39. The van der Waals surface area contributed by atoms with Gasteiger partial charge in [-0.3, -0.25) is 9.89 Å². The molecule has 8 nitrogen and oxygen atoms in total. The Morgan fingerprint density at radius 2 is 2.04 bits per heavy atom. The van der Waals surface area contributed by atoms with Crippen molar-refractivity contribution in [1.82, 2.24) is 25.0 Å². The molecule has 4 heterocycles. The SMILES string of the molecule is CN1CCN(C(=O)C2CC2c2[nH]nc3ccnc(OC4CCOCC4)c23)CC1. The molecular formula is C20H27N5O3. The molecule has 2 aliphatic heterocycles. The molecule has 2 unspecified atom stereocenters. The van der Waals surface area contributed by atoms with Gasteiger partial charge in [0.05, 0.1) is 29.8 Å². The second-order valence-corrected chi connectivity index (χ2v) is 8.15. The molecule has 3 aliphatic rings. The first-order valence-electron chi connectivity index (χ1n) is 10.3. The topological polar surface area (TPSA) is 83.6 Å². The standard InChI is InChI=1S/C20H27N5O3/c1-24-6-8-25(9-7-24)20(26)15-12-14(15)18-17-16(22-23-18)2-5-21-19(17)28-13-3-10-27-11-4-13/h2,5,13-15H,3-4,6-12H2,1H3,(H,22,23). The summed E-state index contributed by atoms with van der Waals surface area (Å²) >= 11 is 0. The van der Waals surface area contributed by atoms with Crippen LogP contribution in [0.5, 0.6) is 5.88 Å². The lowest BCUT2D eigenvalue weighted by atomic mass is 10.1. The Hall–Kier alpha value is -2.19. The fourth-order valence-electron chi connectivity index (χ4n) is 4.31. The molecular weight excluding hydrogens is 358 g/mol. The van der Waals surface area contributed by atoms with E-state index in [1.54, 1.807) is 6.20 Å². The number of aromatic nitrogens is 3. The van der Waals surface area contributed by atoms with Gasteiger partial charge in [-0.05, 0) is 19.5 Å². The van der Waals surface area contributed by atoms with Crippen LogP contribution in [0.1, 0.15) is 30.9 Å². The van der Waals surface area contributed by atoms with Gasteiger partial charge < -0.3 is 19.3 Å². The lowest BCUT2D eigenvalue weighted by Gasteiger charge is -2.32. The number of fused-ring (bicyclic) bond motifs is 1. The summed E-state index contributed by atoms with van der Waals surface area (Å²) in [6.07, 6.45) is 4.48. The number of amides is 1. The van der Waals surface area contributed by atoms with Gasteiger partial charge in [0.1, 0.15) is 6.10 Å². The van der Waals surface area contributed by atoms with E-state index in [4.69, 9.17) is 9.47 Å². The van der Waals surface area contributed by atoms with Crippen LogP contribution in [-0.2, 0) is 9.53 Å². The number of nitrogens with one attached hydrogen (secondary N) is 1. The van der Waals surface area contributed by atoms with E-state index in [-0.39, 0.29) is 23.8 Å². The number of carbonyl (C=O) groups is 1. The fraction of sp³-hybridized carbons (Fsp3) is 0.650. The first-order chi connectivity index (χ1) is 13.7. The van der Waals surface area contributed by atoms with E-state index >= 15 is 0 Å². The van der Waals surface area contributed by atoms with Crippen molar-refractivity contribution < 1.29 is 14.3 Å². The zero-order valence-electron chi connectivity index (χ0n) is 16.3. The number of pyridine rings is 1. The minimum Gasteiger partial charge on any atom is -0.474 e. The van der Waals surface area contributed by atoms with Gasteiger partial charge in [0.25, 0.3) is 0 Å². The van der Waals surface area contributed by atoms with Crippen molar-refractivity contribution in [3.05, 3.63) is 18.0 Å². The van der Waals surface area contributed by atoms with Crippen LogP contribution in [0.25, 0.3) is 10.9 Å². The lowest BCUT2D eigenvalue weighted by Crippen LogP contribution is -2.47. The molecule has 1 aliphatic carbocycles. The third kappa shape index (κ3) is 3.35. The van der Waals surface area contributed by atoms with Gasteiger partial charge in [0, 0.05) is 57.1 Å². The first-order valence-corrected chi connectivity index (χ1v) is 10.3. The largest absolute Gasteiger partial charge is 0.474 e. The summed E-state index contributed by atoms with van der Waals surface area (Å²) in [5, 5.41) is 8.56. The van der Waals surface area contributed by atoms with Gasteiger partial charge >= 0.3 is 0 Å². The molecule has 2 saturated heterocycles. The second-order valence-electron chi connectivity index (χ2n) is 8.15. The van der Waals surface area contributed by atoms with Crippen LogP contribution >= 0.6 is 0 Å². The van der Waals surface area contributed by atoms with Gasteiger partial charge in [-0.1, -0.05) is 0 Å². The minimum atomic E-state index is 0.0446. The van der Waals surface area contributed by atoms with E-state index in [2.05, 4.69) is 27.1 Å². The highest BCUT2D eigenvalue weighted by Gasteiger charge is 2.48. The van der Waals surface area contributed by atoms with Crippen LogP contribution in [0, 0.1) is 5.92 Å². The zero-order chi connectivity index (χ0) is 19.1. The van der Waals surface area contributed by atoms with E-state index in [0.717, 1.165) is 75.3 Å². The molecule has 2 atom stereocenters. The van der Waals surface area contributed by atoms with Crippen LogP contribution in [-0.4, -0.2) is 83.4 Å². The average molecular weight is 385 g/mol. The number of carbonyl (C=O) groups excluding carboxylic acids is 1. The zero-order valence-corrected chi connectivity index (χ0v) is 16.3. The smallest absolute Gasteiger partial charge is 0.226 e. The highest BCUT2D eigenvalue weighted by Crippen LogP contribution is 2.50. The number of aromatic amines is 1. The van der Waals surface area contributed by atoms with Crippen molar-refractivity contribution in [2.45, 2.75) is 31.3 Å². The number of hydrogen-bond acceptors (Lipinski definition) is 6. The summed E-state index contributed by atoms with van der Waals surface area (Å²) in [6.45, 7) is 4.99. The van der Waals surface area contributed by atoms with Crippen LogP contribution in [0.15, 0.2) is 12.3 Å². The molecule has 2 aromatic rings. The number of nitrogens with zero attached hydrogens (tertiary/aromatic N) is 4. The van der Waals surface area contributed by atoms with E-state index in [1.165, 1.54) is 0 Å². The van der Waals surface area contributed by atoms with Crippen LogP contribution in [0.4, 0.5) is 0 Å². The molecule has 2 aromatic heterocycles. The summed E-state index contributed by atoms with van der Waals surface area (Å²) in [6, 6.07) is 1.89. The Morgan fingerprint density at radius 1 is 1.25 bits per heavy atom. The molecule has 1 N–H and O–H groups in total. The third-order valence-corrected chi connectivity index (χ3v) is 6.20. The number of likely N-dealkylation sites (N-methyl/N-ethyl adjacent to an activating group) is 1. The molecule has 0 radical (unpaired) electrons. The van der Waals surface area contributed by atoms with E-state index in [9.17, 15) is 4.79 Å². The molecule has 8 heteroatoms. The lowest BCUT2D eigenvalue weighted by molar-refractivity contribution is -0.134. The Morgan fingerprint density at radius 3 is 2.82 bits per heavy atom. The summed E-state index contributed by atoms with van der Waals surface area (Å²) in [5.74, 6) is 1.13. The molecule has 150 valence electrons. The maximum Gasteiger partial charge on any atom is 0.226 e. The van der Waals surface area contributed by atoms with E-state index < -0.39 is 0 Å². The highest BCUT2D eigenvalue weighted by molar-refractivity contribution is 5.89. The van der Waals surface area contributed by atoms with Crippen molar-refractivity contribution in [1.29, 1.82) is 0 Å². The van der Waals surface area contributed by atoms with Gasteiger partial charge in [-0.2, -0.15) is 5.10 Å². The van der Waals surface area contributed by atoms with Gasteiger partial charge in [0.2, 0.25) is 11.8 Å². The van der Waals surface area contributed by atoms with E-state index in [1.807, 2.05) is 11.0 Å². The third-order valence-electron chi connectivity index (χ3n) is 6.20.